The Kier molecular flexibility index (Phi) is 4.88. The molecule has 0 radical (unpaired) electrons. The molecule has 2 rings (SSSR count). The van der Waals surface area contributed by atoms with E-state index in [9.17, 15) is 18.0 Å². The molecule has 1 saturated heterocycles. The van der Waals surface area contributed by atoms with E-state index >= 15 is 0 Å². The molecule has 116 valence electrons. The lowest BCUT2D eigenvalue weighted by molar-refractivity contribution is -0.186. The highest BCUT2D eigenvalue weighted by molar-refractivity contribution is 6.00. The number of nitrogens with zero attached hydrogens (tertiary/aromatic N) is 1. The van der Waals surface area contributed by atoms with Gasteiger partial charge in [0, 0.05) is 6.54 Å². The van der Waals surface area contributed by atoms with Gasteiger partial charge in [-0.15, -0.1) is 0 Å². The van der Waals surface area contributed by atoms with Crippen LogP contribution in [0.2, 0.25) is 0 Å². The van der Waals surface area contributed by atoms with Gasteiger partial charge in [-0.25, -0.2) is 0 Å². The van der Waals surface area contributed by atoms with Crippen LogP contribution in [0, 0.1) is 5.92 Å². The zero-order valence-corrected chi connectivity index (χ0v) is 11.8. The Hall–Kier alpha value is -1.56. The average Bonchev–Trinajstić information content (AvgIpc) is 2.46. The van der Waals surface area contributed by atoms with Crippen molar-refractivity contribution in [2.45, 2.75) is 19.0 Å². The number of halogens is 3. The lowest BCUT2D eigenvalue weighted by atomic mass is 9.97. The second kappa shape index (κ2) is 6.47. The highest BCUT2D eigenvalue weighted by Gasteiger charge is 2.41. The van der Waals surface area contributed by atoms with E-state index in [2.05, 4.69) is 0 Å². The summed E-state index contributed by atoms with van der Waals surface area (Å²) in [6.07, 6.45) is -3.58. The molecular weight excluding hydrogens is 283 g/mol. The minimum absolute atomic E-state index is 0.00699. The van der Waals surface area contributed by atoms with Crippen LogP contribution in [0.25, 0.3) is 0 Å². The fourth-order valence-electron chi connectivity index (χ4n) is 2.63. The minimum atomic E-state index is -4.19. The molecule has 1 aromatic rings. The van der Waals surface area contributed by atoms with Crippen LogP contribution in [0.5, 0.6) is 5.75 Å². The number of hydrogen-bond acceptors (Lipinski definition) is 3. The number of benzene rings is 1. The quantitative estimate of drug-likeness (QED) is 0.800. The molecule has 1 heterocycles. The number of rotatable bonds is 4. The molecule has 1 aliphatic rings. The minimum Gasteiger partial charge on any atom is -0.496 e. The van der Waals surface area contributed by atoms with Gasteiger partial charge in [-0.3, -0.25) is 9.69 Å². The summed E-state index contributed by atoms with van der Waals surface area (Å²) in [6.45, 7) is 0.408. The fraction of sp³-hybridized carbons (Fsp3) is 0.533. The smallest absolute Gasteiger partial charge is 0.393 e. The van der Waals surface area contributed by atoms with E-state index in [1.54, 1.807) is 29.2 Å². The van der Waals surface area contributed by atoms with Gasteiger partial charge in [0.15, 0.2) is 5.78 Å². The molecule has 0 saturated carbocycles. The van der Waals surface area contributed by atoms with E-state index < -0.39 is 12.1 Å². The van der Waals surface area contributed by atoms with Crippen molar-refractivity contribution in [2.75, 3.05) is 26.7 Å². The molecule has 21 heavy (non-hydrogen) atoms. The predicted octanol–water partition coefficient (Wildman–Crippen LogP) is 3.15. The Morgan fingerprint density at radius 3 is 2.76 bits per heavy atom. The third-order valence-electron chi connectivity index (χ3n) is 3.74. The summed E-state index contributed by atoms with van der Waals surface area (Å²) < 4.78 is 43.4. The summed E-state index contributed by atoms with van der Waals surface area (Å²) in [5.41, 5.74) is 0.411. The number of carbonyl (C=O) groups is 1. The molecule has 6 heteroatoms. The summed E-state index contributed by atoms with van der Waals surface area (Å²) in [6, 6.07) is 6.76. The second-order valence-corrected chi connectivity index (χ2v) is 5.24. The number of hydrogen-bond donors (Lipinski definition) is 0. The number of piperidine rings is 1. The van der Waals surface area contributed by atoms with Gasteiger partial charge in [-0.05, 0) is 31.5 Å². The molecule has 0 spiro atoms. The SMILES string of the molecule is COc1ccccc1C(=O)CN1CCCC(C(F)(F)F)C1. The molecule has 1 aliphatic heterocycles. The van der Waals surface area contributed by atoms with Gasteiger partial charge >= 0.3 is 6.18 Å². The molecule has 0 bridgehead atoms. The molecular formula is C15H18F3NO2. The lowest BCUT2D eigenvalue weighted by Crippen LogP contribution is -2.43. The highest BCUT2D eigenvalue weighted by Crippen LogP contribution is 2.33. The Balaban J connectivity index is 2.02. The second-order valence-electron chi connectivity index (χ2n) is 5.24. The number of ketones is 1. The van der Waals surface area contributed by atoms with Crippen molar-refractivity contribution in [1.82, 2.24) is 4.90 Å². The molecule has 0 aromatic heterocycles. The van der Waals surface area contributed by atoms with Crippen molar-refractivity contribution < 1.29 is 22.7 Å². The van der Waals surface area contributed by atoms with Crippen LogP contribution in [0.1, 0.15) is 23.2 Å². The van der Waals surface area contributed by atoms with E-state index in [4.69, 9.17) is 4.74 Å². The van der Waals surface area contributed by atoms with Gasteiger partial charge in [0.1, 0.15) is 5.75 Å². The topological polar surface area (TPSA) is 29.5 Å². The lowest BCUT2D eigenvalue weighted by Gasteiger charge is -2.33. The van der Waals surface area contributed by atoms with Crippen molar-refractivity contribution in [1.29, 1.82) is 0 Å². The van der Waals surface area contributed by atoms with Gasteiger partial charge in [0.25, 0.3) is 0 Å². The van der Waals surface area contributed by atoms with Crippen molar-refractivity contribution in [3.05, 3.63) is 29.8 Å². The van der Waals surface area contributed by atoms with Crippen LogP contribution in [0.3, 0.4) is 0 Å². The van der Waals surface area contributed by atoms with E-state index in [0.29, 0.717) is 24.3 Å². The first kappa shape index (κ1) is 15.8. The van der Waals surface area contributed by atoms with Crippen LogP contribution in [0.15, 0.2) is 24.3 Å². The maximum absolute atomic E-state index is 12.8. The van der Waals surface area contributed by atoms with Crippen LogP contribution < -0.4 is 4.74 Å². The first-order chi connectivity index (χ1) is 9.91. The molecule has 1 aromatic carbocycles. The summed E-state index contributed by atoms with van der Waals surface area (Å²) in [4.78, 5) is 13.8. The van der Waals surface area contributed by atoms with Crippen LogP contribution >= 0.6 is 0 Å². The first-order valence-corrected chi connectivity index (χ1v) is 6.87. The molecule has 1 fully saturated rings. The monoisotopic (exact) mass is 301 g/mol. The molecule has 3 nitrogen and oxygen atoms in total. The van der Waals surface area contributed by atoms with Crippen LogP contribution in [-0.4, -0.2) is 43.6 Å². The van der Waals surface area contributed by atoms with E-state index in [1.807, 2.05) is 0 Å². The third kappa shape index (κ3) is 3.97. The Morgan fingerprint density at radius 2 is 2.10 bits per heavy atom. The number of carbonyl (C=O) groups excluding carboxylic acids is 1. The fourth-order valence-corrected chi connectivity index (χ4v) is 2.63. The zero-order chi connectivity index (χ0) is 15.5. The van der Waals surface area contributed by atoms with Gasteiger partial charge < -0.3 is 4.74 Å². The largest absolute Gasteiger partial charge is 0.496 e. The van der Waals surface area contributed by atoms with Crippen molar-refractivity contribution in [2.24, 2.45) is 5.92 Å². The normalized spacial score (nSPS) is 20.3. The van der Waals surface area contributed by atoms with Gasteiger partial charge in [-0.2, -0.15) is 13.2 Å². The molecule has 0 aliphatic carbocycles. The number of methoxy groups -OCH3 is 1. The maximum Gasteiger partial charge on any atom is 0.393 e. The molecule has 0 N–H and O–H groups in total. The summed E-state index contributed by atoms with van der Waals surface area (Å²) >= 11 is 0. The predicted molar refractivity (Wildman–Crippen MR) is 72.5 cm³/mol. The third-order valence-corrected chi connectivity index (χ3v) is 3.74. The number of likely N-dealkylation sites (tertiary alicyclic amines) is 1. The average molecular weight is 301 g/mol. The van der Waals surface area contributed by atoms with E-state index in [0.717, 1.165) is 0 Å². The number of ether oxygens (including phenoxy) is 1. The van der Waals surface area contributed by atoms with E-state index in [-0.39, 0.29) is 25.3 Å². The Morgan fingerprint density at radius 1 is 1.38 bits per heavy atom. The highest BCUT2D eigenvalue weighted by atomic mass is 19.4. The zero-order valence-electron chi connectivity index (χ0n) is 11.8. The summed E-state index contributed by atoms with van der Waals surface area (Å²) in [7, 11) is 1.46. The first-order valence-electron chi connectivity index (χ1n) is 6.87. The Bertz CT molecular complexity index is 502. The number of Topliss-reactive ketones (excluding diaryl/α,β-unsaturated/α-hetero) is 1. The van der Waals surface area contributed by atoms with E-state index in [1.165, 1.54) is 7.11 Å². The standard InChI is InChI=1S/C15H18F3NO2/c1-21-14-7-3-2-6-12(14)13(20)10-19-8-4-5-11(9-19)15(16,17)18/h2-3,6-7,11H,4-5,8-10H2,1H3. The Labute approximate surface area is 121 Å². The number of alkyl halides is 3. The molecule has 1 atom stereocenters. The molecule has 0 amide bonds. The maximum atomic E-state index is 12.8. The summed E-state index contributed by atoms with van der Waals surface area (Å²) in [5, 5.41) is 0. The van der Waals surface area contributed by atoms with Gasteiger partial charge in [0.05, 0.1) is 25.1 Å². The number of para-hydroxylation sites is 1. The van der Waals surface area contributed by atoms with Crippen LogP contribution in [-0.2, 0) is 0 Å². The van der Waals surface area contributed by atoms with Gasteiger partial charge in [-0.1, -0.05) is 12.1 Å². The van der Waals surface area contributed by atoms with Crippen molar-refractivity contribution >= 4 is 5.78 Å². The molecule has 1 unspecified atom stereocenters. The van der Waals surface area contributed by atoms with Crippen molar-refractivity contribution in [3.8, 4) is 5.75 Å². The van der Waals surface area contributed by atoms with Crippen molar-refractivity contribution in [3.63, 3.8) is 0 Å². The van der Waals surface area contributed by atoms with Gasteiger partial charge in [0.2, 0.25) is 0 Å². The summed E-state index contributed by atoms with van der Waals surface area (Å²) in [5.74, 6) is -1.10. The van der Waals surface area contributed by atoms with Crippen LogP contribution in [0.4, 0.5) is 13.2 Å².